The van der Waals surface area contributed by atoms with Crippen LogP contribution in [-0.4, -0.2) is 68.8 Å². The molecule has 0 aliphatic carbocycles. The number of hydrogen-bond donors (Lipinski definition) is 5. The van der Waals surface area contributed by atoms with E-state index in [2.05, 4.69) is 0 Å². The molecule has 1 aromatic heterocycles. The van der Waals surface area contributed by atoms with Crippen LogP contribution in [0.3, 0.4) is 0 Å². The maximum absolute atomic E-state index is 12.6. The number of carbonyl (C=O) groups is 1. The minimum absolute atomic E-state index is 0.0310. The van der Waals surface area contributed by atoms with E-state index in [4.69, 9.17) is 18.6 Å². The van der Waals surface area contributed by atoms with Crippen LogP contribution >= 0.6 is 0 Å². The molecular formula is C23H22O11. The monoisotopic (exact) mass is 474 g/mol. The molecule has 5 atom stereocenters. The Morgan fingerprint density at radius 2 is 1.76 bits per heavy atom. The fourth-order valence-electron chi connectivity index (χ4n) is 3.68. The molecule has 180 valence electrons. The number of aliphatic hydroxyl groups excluding tert-OH is 3. The Kier molecular flexibility index (Phi) is 6.44. The van der Waals surface area contributed by atoms with Crippen molar-refractivity contribution in [3.63, 3.8) is 0 Å². The molecule has 11 heteroatoms. The third-order valence-corrected chi connectivity index (χ3v) is 5.31. The van der Waals surface area contributed by atoms with Crippen LogP contribution < -0.4 is 10.2 Å². The Morgan fingerprint density at radius 3 is 2.41 bits per heavy atom. The molecule has 0 saturated carbocycles. The van der Waals surface area contributed by atoms with E-state index in [1.54, 1.807) is 12.1 Å². The Balaban J connectivity index is 1.72. The molecule has 1 aliphatic heterocycles. The van der Waals surface area contributed by atoms with Crippen LogP contribution in [-0.2, 0) is 14.3 Å². The van der Waals surface area contributed by atoms with Crippen molar-refractivity contribution < 1.29 is 49.0 Å². The molecule has 5 N–H and O–H groups in total. The average molecular weight is 474 g/mol. The average Bonchev–Trinajstić information content (AvgIpc) is 2.78. The molecule has 0 spiro atoms. The highest BCUT2D eigenvalue weighted by Crippen LogP contribution is 2.33. The summed E-state index contributed by atoms with van der Waals surface area (Å²) in [6, 6.07) is 9.52. The lowest BCUT2D eigenvalue weighted by molar-refractivity contribution is -0.281. The van der Waals surface area contributed by atoms with E-state index < -0.39 is 54.5 Å². The van der Waals surface area contributed by atoms with Crippen LogP contribution in [0, 0.1) is 0 Å². The summed E-state index contributed by atoms with van der Waals surface area (Å²) in [4.78, 5) is 24.1. The third-order valence-electron chi connectivity index (χ3n) is 5.31. The van der Waals surface area contributed by atoms with Crippen molar-refractivity contribution in [2.24, 2.45) is 0 Å². The molecule has 2 aromatic carbocycles. The number of aromatic hydroxyl groups is 2. The van der Waals surface area contributed by atoms with Gasteiger partial charge in [-0.2, -0.15) is 0 Å². The molecule has 0 radical (unpaired) electrons. The van der Waals surface area contributed by atoms with Crippen molar-refractivity contribution in [2.45, 2.75) is 37.6 Å². The van der Waals surface area contributed by atoms with E-state index in [0.29, 0.717) is 5.56 Å². The minimum Gasteiger partial charge on any atom is -0.508 e. The van der Waals surface area contributed by atoms with Crippen molar-refractivity contribution in [3.05, 3.63) is 52.7 Å². The van der Waals surface area contributed by atoms with Crippen molar-refractivity contribution in [1.82, 2.24) is 0 Å². The van der Waals surface area contributed by atoms with E-state index >= 15 is 0 Å². The molecule has 0 amide bonds. The van der Waals surface area contributed by atoms with Gasteiger partial charge in [0.25, 0.3) is 0 Å². The first kappa shape index (κ1) is 23.5. The van der Waals surface area contributed by atoms with Crippen LogP contribution in [0.15, 0.2) is 51.7 Å². The molecule has 3 aromatic rings. The molecular weight excluding hydrogens is 452 g/mol. The van der Waals surface area contributed by atoms with Crippen LogP contribution in [0.5, 0.6) is 17.2 Å². The number of fused-ring (bicyclic) bond motifs is 1. The van der Waals surface area contributed by atoms with Gasteiger partial charge in [-0.3, -0.25) is 9.59 Å². The van der Waals surface area contributed by atoms with Gasteiger partial charge in [0.2, 0.25) is 6.29 Å². The zero-order chi connectivity index (χ0) is 24.6. The highest BCUT2D eigenvalue weighted by molar-refractivity contribution is 5.86. The van der Waals surface area contributed by atoms with Crippen molar-refractivity contribution in [3.8, 4) is 28.6 Å². The quantitative estimate of drug-likeness (QED) is 0.328. The molecule has 2 heterocycles. The number of ether oxygens (including phenoxy) is 3. The first-order valence-electron chi connectivity index (χ1n) is 10.2. The standard InChI is InChI=1S/C23H22O11/c1-10(25)31-22-21(30)20(29)18(9-24)34-23(22)32-13-6-14(27)19-15(28)8-16(33-17(19)7-13)11-2-4-12(26)5-3-11/h2-8,18,20-24,26-27,29-30H,9H2,1H3. The summed E-state index contributed by atoms with van der Waals surface area (Å²) in [7, 11) is 0. The lowest BCUT2D eigenvalue weighted by atomic mass is 9.99. The van der Waals surface area contributed by atoms with Gasteiger partial charge in [-0.25, -0.2) is 0 Å². The lowest BCUT2D eigenvalue weighted by Crippen LogP contribution is -2.61. The highest BCUT2D eigenvalue weighted by atomic mass is 16.7. The van der Waals surface area contributed by atoms with Gasteiger partial charge < -0.3 is 44.2 Å². The molecule has 1 aliphatic rings. The highest BCUT2D eigenvalue weighted by Gasteiger charge is 2.47. The molecule has 11 nitrogen and oxygen atoms in total. The number of phenols is 2. The Morgan fingerprint density at radius 1 is 1.06 bits per heavy atom. The Hall–Kier alpha value is -3.64. The van der Waals surface area contributed by atoms with Gasteiger partial charge in [-0.05, 0) is 24.3 Å². The number of carbonyl (C=O) groups excluding carboxylic acids is 1. The van der Waals surface area contributed by atoms with E-state index in [0.717, 1.165) is 13.0 Å². The summed E-state index contributed by atoms with van der Waals surface area (Å²) in [5.41, 5.74) is -0.0697. The van der Waals surface area contributed by atoms with Gasteiger partial charge >= 0.3 is 5.97 Å². The molecule has 34 heavy (non-hydrogen) atoms. The van der Waals surface area contributed by atoms with E-state index in [1.807, 2.05) is 0 Å². The van der Waals surface area contributed by atoms with Gasteiger partial charge in [0.1, 0.15) is 52.3 Å². The first-order valence-corrected chi connectivity index (χ1v) is 10.2. The first-order chi connectivity index (χ1) is 16.2. The predicted molar refractivity (Wildman–Crippen MR) is 115 cm³/mol. The topological polar surface area (TPSA) is 176 Å². The Bertz CT molecular complexity index is 1250. The predicted octanol–water partition coefficient (Wildman–Crippen LogP) is 0.621. The number of esters is 1. The van der Waals surface area contributed by atoms with Crippen molar-refractivity contribution in [1.29, 1.82) is 0 Å². The van der Waals surface area contributed by atoms with E-state index in [9.17, 15) is 35.1 Å². The molecule has 5 unspecified atom stereocenters. The van der Waals surface area contributed by atoms with Gasteiger partial charge in [-0.15, -0.1) is 0 Å². The summed E-state index contributed by atoms with van der Waals surface area (Å²) >= 11 is 0. The van der Waals surface area contributed by atoms with Crippen LogP contribution in [0.25, 0.3) is 22.3 Å². The number of phenolic OH excluding ortho intramolecular Hbond substituents is 2. The van der Waals surface area contributed by atoms with Crippen LogP contribution in [0.2, 0.25) is 0 Å². The summed E-state index contributed by atoms with van der Waals surface area (Å²) in [5.74, 6) is -1.11. The third kappa shape index (κ3) is 4.54. The molecule has 1 fully saturated rings. The maximum atomic E-state index is 12.6. The Labute approximate surface area is 192 Å². The second-order valence-electron chi connectivity index (χ2n) is 7.74. The van der Waals surface area contributed by atoms with E-state index in [1.165, 1.54) is 24.3 Å². The fraction of sp³-hybridized carbons (Fsp3) is 0.304. The number of aliphatic hydroxyl groups is 3. The van der Waals surface area contributed by atoms with Crippen LogP contribution in [0.1, 0.15) is 6.92 Å². The normalized spacial score (nSPS) is 24.6. The molecule has 0 bridgehead atoms. The summed E-state index contributed by atoms with van der Waals surface area (Å²) in [6.45, 7) is 0.439. The second-order valence-corrected chi connectivity index (χ2v) is 7.74. The lowest BCUT2D eigenvalue weighted by Gasteiger charge is -2.41. The summed E-state index contributed by atoms with van der Waals surface area (Å²) in [6.07, 6.45) is -7.34. The van der Waals surface area contributed by atoms with Gasteiger partial charge in [-0.1, -0.05) is 0 Å². The van der Waals surface area contributed by atoms with Crippen LogP contribution in [0.4, 0.5) is 0 Å². The number of hydrogen-bond acceptors (Lipinski definition) is 11. The number of benzene rings is 2. The minimum atomic E-state index is -1.63. The summed E-state index contributed by atoms with van der Waals surface area (Å²) < 4.78 is 21.9. The van der Waals surface area contributed by atoms with Gasteiger partial charge in [0.15, 0.2) is 11.5 Å². The molecule has 4 rings (SSSR count). The summed E-state index contributed by atoms with van der Waals surface area (Å²) in [5, 5.41) is 49.7. The fourth-order valence-corrected chi connectivity index (χ4v) is 3.68. The largest absolute Gasteiger partial charge is 0.508 e. The van der Waals surface area contributed by atoms with Gasteiger partial charge in [0, 0.05) is 30.7 Å². The zero-order valence-electron chi connectivity index (χ0n) is 17.8. The number of rotatable bonds is 5. The second kappa shape index (κ2) is 9.31. The maximum Gasteiger partial charge on any atom is 0.303 e. The van der Waals surface area contributed by atoms with Gasteiger partial charge in [0.05, 0.1) is 6.61 Å². The SMILES string of the molecule is CC(=O)OC1C(Oc2cc(O)c3c(=O)cc(-c4ccc(O)cc4)oc3c2)OC(CO)C(O)C1O. The smallest absolute Gasteiger partial charge is 0.303 e. The zero-order valence-corrected chi connectivity index (χ0v) is 17.8. The van der Waals surface area contributed by atoms with E-state index in [-0.39, 0.29) is 28.2 Å². The van der Waals surface area contributed by atoms with Crippen molar-refractivity contribution in [2.75, 3.05) is 6.61 Å². The van der Waals surface area contributed by atoms with Crippen molar-refractivity contribution >= 4 is 16.9 Å². The molecule has 1 saturated heterocycles.